The first kappa shape index (κ1) is 20.5. The van der Waals surface area contributed by atoms with E-state index in [1.165, 1.54) is 11.3 Å². The molecule has 2 amide bonds. The molecule has 2 N–H and O–H groups in total. The van der Waals surface area contributed by atoms with Gasteiger partial charge in [0.1, 0.15) is 16.5 Å². The third-order valence-corrected chi connectivity index (χ3v) is 4.86. The van der Waals surface area contributed by atoms with Crippen molar-refractivity contribution < 1.29 is 14.3 Å². The van der Waals surface area contributed by atoms with Crippen LogP contribution in [-0.2, 0) is 0 Å². The summed E-state index contributed by atoms with van der Waals surface area (Å²) >= 11 is 1.40. The molecule has 3 aromatic rings. The molecule has 0 saturated heterocycles. The normalized spacial score (nSPS) is 11.0. The van der Waals surface area contributed by atoms with Gasteiger partial charge in [-0.3, -0.25) is 9.59 Å². The smallest absolute Gasteiger partial charge is 0.275 e. The van der Waals surface area contributed by atoms with E-state index >= 15 is 0 Å². The highest BCUT2D eigenvalue weighted by atomic mass is 32.1. The number of nitrogens with one attached hydrogen (secondary N) is 2. The van der Waals surface area contributed by atoms with Crippen LogP contribution in [0.2, 0.25) is 0 Å². The maximum Gasteiger partial charge on any atom is 0.275 e. The average Bonchev–Trinajstić information content (AvgIpc) is 3.17. The van der Waals surface area contributed by atoms with Crippen LogP contribution in [0.4, 0.5) is 5.69 Å². The van der Waals surface area contributed by atoms with Gasteiger partial charge in [0.25, 0.3) is 11.8 Å². The lowest BCUT2D eigenvalue weighted by Gasteiger charge is -2.20. The Morgan fingerprint density at radius 1 is 0.966 bits per heavy atom. The fourth-order valence-electron chi connectivity index (χ4n) is 2.56. The zero-order valence-corrected chi connectivity index (χ0v) is 17.6. The lowest BCUT2D eigenvalue weighted by atomic mass is 10.1. The second kappa shape index (κ2) is 8.45. The number of carbonyl (C=O) groups is 2. The molecule has 0 saturated carbocycles. The number of benzene rings is 2. The zero-order chi connectivity index (χ0) is 21.0. The Morgan fingerprint density at radius 3 is 2.21 bits per heavy atom. The van der Waals surface area contributed by atoms with Gasteiger partial charge in [-0.25, -0.2) is 4.98 Å². The molecule has 0 fully saturated rings. The molecule has 150 valence electrons. The highest BCUT2D eigenvalue weighted by Crippen LogP contribution is 2.26. The molecule has 0 unspecified atom stereocenters. The van der Waals surface area contributed by atoms with Crippen molar-refractivity contribution in [3.63, 3.8) is 0 Å². The standard InChI is InChI=1S/C22H23N3O3S/c1-22(2,3)25-19(26)14-5-9-16(10-6-14)23-20(27)18-13-29-21(24-18)15-7-11-17(28-4)12-8-15/h5-13H,1-4H3,(H,23,27)(H,25,26). The number of hydrogen-bond acceptors (Lipinski definition) is 5. The van der Waals surface area contributed by atoms with E-state index in [4.69, 9.17) is 4.74 Å². The van der Waals surface area contributed by atoms with Crippen LogP contribution in [0.3, 0.4) is 0 Å². The highest BCUT2D eigenvalue weighted by molar-refractivity contribution is 7.13. The second-order valence-electron chi connectivity index (χ2n) is 7.50. The molecule has 0 radical (unpaired) electrons. The van der Waals surface area contributed by atoms with Gasteiger partial charge in [-0.1, -0.05) is 0 Å². The molecule has 6 nitrogen and oxygen atoms in total. The van der Waals surface area contributed by atoms with Crippen molar-refractivity contribution in [3.8, 4) is 16.3 Å². The minimum absolute atomic E-state index is 0.154. The van der Waals surface area contributed by atoms with E-state index in [9.17, 15) is 9.59 Å². The summed E-state index contributed by atoms with van der Waals surface area (Å²) in [7, 11) is 1.62. The summed E-state index contributed by atoms with van der Waals surface area (Å²) in [5, 5.41) is 8.19. The predicted molar refractivity (Wildman–Crippen MR) is 116 cm³/mol. The molecule has 1 heterocycles. The zero-order valence-electron chi connectivity index (χ0n) is 16.8. The summed E-state index contributed by atoms with van der Waals surface area (Å²) in [6, 6.07) is 14.3. The van der Waals surface area contributed by atoms with Gasteiger partial charge in [-0.05, 0) is 69.3 Å². The van der Waals surface area contributed by atoms with Gasteiger partial charge < -0.3 is 15.4 Å². The molecular formula is C22H23N3O3S. The summed E-state index contributed by atoms with van der Waals surface area (Å²) in [5.74, 6) is 0.315. The van der Waals surface area contributed by atoms with Crippen LogP contribution in [0.25, 0.3) is 10.6 Å². The van der Waals surface area contributed by atoms with E-state index in [-0.39, 0.29) is 17.4 Å². The van der Waals surface area contributed by atoms with E-state index in [1.54, 1.807) is 36.8 Å². The second-order valence-corrected chi connectivity index (χ2v) is 8.36. The minimum atomic E-state index is -0.309. The van der Waals surface area contributed by atoms with Crippen LogP contribution in [0.1, 0.15) is 41.6 Å². The van der Waals surface area contributed by atoms with Gasteiger partial charge in [0, 0.05) is 27.7 Å². The van der Waals surface area contributed by atoms with Crippen molar-refractivity contribution in [3.05, 3.63) is 65.2 Å². The molecule has 29 heavy (non-hydrogen) atoms. The first-order valence-electron chi connectivity index (χ1n) is 9.09. The van der Waals surface area contributed by atoms with Crippen molar-refractivity contribution in [2.24, 2.45) is 0 Å². The van der Waals surface area contributed by atoms with Gasteiger partial charge in [0.2, 0.25) is 0 Å². The monoisotopic (exact) mass is 409 g/mol. The number of aromatic nitrogens is 1. The molecule has 0 atom stereocenters. The molecule has 7 heteroatoms. The van der Waals surface area contributed by atoms with E-state index in [0.717, 1.165) is 16.3 Å². The molecule has 0 aliphatic carbocycles. The van der Waals surface area contributed by atoms with E-state index in [1.807, 2.05) is 45.0 Å². The van der Waals surface area contributed by atoms with Gasteiger partial charge >= 0.3 is 0 Å². The van der Waals surface area contributed by atoms with Crippen LogP contribution >= 0.6 is 11.3 Å². The van der Waals surface area contributed by atoms with Gasteiger partial charge in [-0.2, -0.15) is 0 Å². The van der Waals surface area contributed by atoms with Crippen LogP contribution < -0.4 is 15.4 Å². The van der Waals surface area contributed by atoms with Crippen molar-refractivity contribution >= 4 is 28.8 Å². The minimum Gasteiger partial charge on any atom is -0.497 e. The topological polar surface area (TPSA) is 80.3 Å². The Balaban J connectivity index is 1.66. The number of methoxy groups -OCH3 is 1. The van der Waals surface area contributed by atoms with E-state index in [0.29, 0.717) is 16.9 Å². The summed E-state index contributed by atoms with van der Waals surface area (Å²) in [5.41, 5.74) is 2.09. The summed E-state index contributed by atoms with van der Waals surface area (Å²) in [4.78, 5) is 29.1. The van der Waals surface area contributed by atoms with Gasteiger partial charge in [0.15, 0.2) is 0 Å². The molecule has 3 rings (SSSR count). The Bertz CT molecular complexity index is 1000. The molecule has 0 aliphatic heterocycles. The Hall–Kier alpha value is -3.19. The molecule has 0 bridgehead atoms. The number of nitrogens with zero attached hydrogens (tertiary/aromatic N) is 1. The number of ether oxygens (including phenoxy) is 1. The molecule has 2 aromatic carbocycles. The lowest BCUT2D eigenvalue weighted by molar-refractivity contribution is 0.0919. The van der Waals surface area contributed by atoms with E-state index in [2.05, 4.69) is 15.6 Å². The number of thiazole rings is 1. The lowest BCUT2D eigenvalue weighted by Crippen LogP contribution is -2.40. The quantitative estimate of drug-likeness (QED) is 0.645. The van der Waals surface area contributed by atoms with Crippen LogP contribution in [-0.4, -0.2) is 29.4 Å². The third kappa shape index (κ3) is 5.42. The first-order chi connectivity index (χ1) is 13.7. The van der Waals surface area contributed by atoms with Crippen molar-refractivity contribution in [1.82, 2.24) is 10.3 Å². The van der Waals surface area contributed by atoms with Crippen LogP contribution in [0.5, 0.6) is 5.75 Å². The first-order valence-corrected chi connectivity index (χ1v) is 9.97. The van der Waals surface area contributed by atoms with Crippen molar-refractivity contribution in [2.45, 2.75) is 26.3 Å². The largest absolute Gasteiger partial charge is 0.497 e. The molecule has 1 aromatic heterocycles. The predicted octanol–water partition coefficient (Wildman–Crippen LogP) is 4.60. The van der Waals surface area contributed by atoms with Crippen molar-refractivity contribution in [1.29, 1.82) is 0 Å². The Labute approximate surface area is 173 Å². The Kier molecular flexibility index (Phi) is 5.98. The Morgan fingerprint density at radius 2 is 1.62 bits per heavy atom. The number of amides is 2. The molecule has 0 spiro atoms. The number of rotatable bonds is 5. The highest BCUT2D eigenvalue weighted by Gasteiger charge is 2.16. The van der Waals surface area contributed by atoms with Crippen molar-refractivity contribution in [2.75, 3.05) is 12.4 Å². The molecular weight excluding hydrogens is 386 g/mol. The van der Waals surface area contributed by atoms with Crippen LogP contribution in [0.15, 0.2) is 53.9 Å². The SMILES string of the molecule is COc1ccc(-c2nc(C(=O)Nc3ccc(C(=O)NC(C)(C)C)cc3)cs2)cc1. The summed E-state index contributed by atoms with van der Waals surface area (Å²) < 4.78 is 5.16. The summed E-state index contributed by atoms with van der Waals surface area (Å²) in [6.07, 6.45) is 0. The molecule has 0 aliphatic rings. The number of carbonyl (C=O) groups excluding carboxylic acids is 2. The van der Waals surface area contributed by atoms with Gasteiger partial charge in [-0.15, -0.1) is 11.3 Å². The maximum absolute atomic E-state index is 12.5. The summed E-state index contributed by atoms with van der Waals surface area (Å²) in [6.45, 7) is 5.77. The maximum atomic E-state index is 12.5. The fraction of sp³-hybridized carbons (Fsp3) is 0.227. The van der Waals surface area contributed by atoms with E-state index < -0.39 is 0 Å². The third-order valence-electron chi connectivity index (χ3n) is 3.97. The average molecular weight is 410 g/mol. The van der Waals surface area contributed by atoms with Crippen LogP contribution in [0, 0.1) is 0 Å². The fourth-order valence-corrected chi connectivity index (χ4v) is 3.36. The number of anilines is 1. The number of hydrogen-bond donors (Lipinski definition) is 2. The van der Waals surface area contributed by atoms with Gasteiger partial charge in [0.05, 0.1) is 7.11 Å².